The second-order valence-corrected chi connectivity index (χ2v) is 8.76. The van der Waals surface area contributed by atoms with Crippen LogP contribution >= 0.6 is 0 Å². The standard InChI is InChI=1S/C19H32/c1-13-6-8-16-15(13)10-11-18-17(16)9-7-14-5-3-4-12-19(14,18)2/h13-18H,3-12H2,1-2H3/t13-,14+,15-,16+,17-,18-,19-/m0/s1. The maximum atomic E-state index is 2.70. The van der Waals surface area contributed by atoms with Gasteiger partial charge in [-0.3, -0.25) is 0 Å². The van der Waals surface area contributed by atoms with Crippen molar-refractivity contribution in [1.82, 2.24) is 0 Å². The summed E-state index contributed by atoms with van der Waals surface area (Å²) in [4.78, 5) is 0. The number of hydrogen-bond donors (Lipinski definition) is 0. The Bertz CT molecular complexity index is 346. The minimum atomic E-state index is 0.748. The average molecular weight is 260 g/mol. The molecule has 0 aromatic rings. The van der Waals surface area contributed by atoms with Gasteiger partial charge in [0.25, 0.3) is 0 Å². The molecule has 7 atom stereocenters. The van der Waals surface area contributed by atoms with Gasteiger partial charge in [-0.05, 0) is 85.9 Å². The van der Waals surface area contributed by atoms with Crippen molar-refractivity contribution in [3.63, 3.8) is 0 Å². The molecule has 0 heteroatoms. The highest BCUT2D eigenvalue weighted by Gasteiger charge is 2.54. The average Bonchev–Trinajstić information content (AvgIpc) is 2.80. The first-order chi connectivity index (χ1) is 9.20. The quantitative estimate of drug-likeness (QED) is 0.527. The zero-order valence-electron chi connectivity index (χ0n) is 13.0. The molecule has 0 nitrogen and oxygen atoms in total. The van der Waals surface area contributed by atoms with Gasteiger partial charge in [-0.15, -0.1) is 0 Å². The van der Waals surface area contributed by atoms with Crippen LogP contribution in [0.15, 0.2) is 0 Å². The van der Waals surface area contributed by atoms with E-state index in [0.29, 0.717) is 0 Å². The zero-order chi connectivity index (χ0) is 13.0. The molecule has 0 aliphatic heterocycles. The summed E-state index contributed by atoms with van der Waals surface area (Å²) in [7, 11) is 0. The molecule has 0 unspecified atom stereocenters. The molecular formula is C19H32. The van der Waals surface area contributed by atoms with E-state index in [4.69, 9.17) is 0 Å². The highest BCUT2D eigenvalue weighted by Crippen LogP contribution is 2.63. The third-order valence-corrected chi connectivity index (χ3v) is 8.26. The minimum absolute atomic E-state index is 0.748. The predicted molar refractivity (Wildman–Crippen MR) is 80.9 cm³/mol. The second-order valence-electron chi connectivity index (χ2n) is 8.76. The largest absolute Gasteiger partial charge is 0.0622 e. The highest BCUT2D eigenvalue weighted by molar-refractivity contribution is 5.04. The van der Waals surface area contributed by atoms with Crippen LogP contribution in [0, 0.1) is 40.9 Å². The fraction of sp³-hybridized carbons (Fsp3) is 1.00. The summed E-state index contributed by atoms with van der Waals surface area (Å²) in [6, 6.07) is 0. The molecule has 4 aliphatic carbocycles. The summed E-state index contributed by atoms with van der Waals surface area (Å²) in [5.74, 6) is 6.63. The van der Waals surface area contributed by atoms with Gasteiger partial charge in [0, 0.05) is 0 Å². The SMILES string of the molecule is C[C@H]1CC[C@@H]2[C@H]1CC[C@H]1[C@H]2CC[C@H]2CCCC[C@@]21C. The third kappa shape index (κ3) is 1.77. The molecule has 4 aliphatic rings. The Hall–Kier alpha value is 0. The number of rotatable bonds is 0. The van der Waals surface area contributed by atoms with Crippen molar-refractivity contribution >= 4 is 0 Å². The molecule has 0 spiro atoms. The van der Waals surface area contributed by atoms with Crippen LogP contribution in [0.3, 0.4) is 0 Å². The van der Waals surface area contributed by atoms with Crippen LogP contribution in [0.4, 0.5) is 0 Å². The summed E-state index contributed by atoms with van der Waals surface area (Å²) in [5.41, 5.74) is 0.748. The molecule has 19 heavy (non-hydrogen) atoms. The molecule has 0 N–H and O–H groups in total. The molecule has 4 fully saturated rings. The van der Waals surface area contributed by atoms with E-state index in [9.17, 15) is 0 Å². The van der Waals surface area contributed by atoms with Crippen molar-refractivity contribution in [2.45, 2.75) is 78.1 Å². The predicted octanol–water partition coefficient (Wildman–Crippen LogP) is 5.67. The molecule has 0 aromatic carbocycles. The lowest BCUT2D eigenvalue weighted by atomic mass is 9.47. The maximum Gasteiger partial charge on any atom is -0.0266 e. The number of hydrogen-bond acceptors (Lipinski definition) is 0. The normalized spacial score (nSPS) is 57.2. The molecule has 4 rings (SSSR count). The van der Waals surface area contributed by atoms with Gasteiger partial charge in [0.1, 0.15) is 0 Å². The highest BCUT2D eigenvalue weighted by atomic mass is 14.6. The van der Waals surface area contributed by atoms with Crippen LogP contribution in [-0.2, 0) is 0 Å². The van der Waals surface area contributed by atoms with Crippen molar-refractivity contribution in [3.05, 3.63) is 0 Å². The van der Waals surface area contributed by atoms with E-state index in [2.05, 4.69) is 13.8 Å². The van der Waals surface area contributed by atoms with E-state index in [1.165, 1.54) is 12.8 Å². The molecule has 0 amide bonds. The van der Waals surface area contributed by atoms with E-state index in [0.717, 1.165) is 40.9 Å². The first-order valence-corrected chi connectivity index (χ1v) is 9.20. The van der Waals surface area contributed by atoms with Gasteiger partial charge in [-0.1, -0.05) is 33.1 Å². The van der Waals surface area contributed by atoms with Gasteiger partial charge in [-0.25, -0.2) is 0 Å². The Kier molecular flexibility index (Phi) is 3.01. The molecule has 0 heterocycles. The van der Waals surface area contributed by atoms with E-state index in [1.807, 2.05) is 0 Å². The van der Waals surface area contributed by atoms with Crippen LogP contribution in [0.25, 0.3) is 0 Å². The van der Waals surface area contributed by atoms with Gasteiger partial charge >= 0.3 is 0 Å². The van der Waals surface area contributed by atoms with Crippen molar-refractivity contribution in [2.24, 2.45) is 40.9 Å². The minimum Gasteiger partial charge on any atom is -0.0622 e. The first kappa shape index (κ1) is 12.7. The van der Waals surface area contributed by atoms with Crippen molar-refractivity contribution in [1.29, 1.82) is 0 Å². The molecule has 0 saturated heterocycles. The molecular weight excluding hydrogens is 228 g/mol. The Labute approximate surface area is 119 Å². The van der Waals surface area contributed by atoms with Crippen LogP contribution in [0.2, 0.25) is 0 Å². The van der Waals surface area contributed by atoms with Gasteiger partial charge in [-0.2, -0.15) is 0 Å². The fourth-order valence-electron chi connectivity index (χ4n) is 7.24. The smallest absolute Gasteiger partial charge is 0.0266 e. The summed E-state index contributed by atoms with van der Waals surface area (Å²) in [6.45, 7) is 5.24. The van der Waals surface area contributed by atoms with Crippen LogP contribution < -0.4 is 0 Å². The molecule has 108 valence electrons. The maximum absolute atomic E-state index is 2.70. The topological polar surface area (TPSA) is 0 Å². The summed E-state index contributed by atoms with van der Waals surface area (Å²) in [6.07, 6.45) is 15.6. The first-order valence-electron chi connectivity index (χ1n) is 9.20. The Morgan fingerprint density at radius 1 is 0.737 bits per heavy atom. The van der Waals surface area contributed by atoms with Crippen molar-refractivity contribution < 1.29 is 0 Å². The zero-order valence-corrected chi connectivity index (χ0v) is 13.0. The summed E-state index contributed by atoms with van der Waals surface area (Å²) >= 11 is 0. The number of fused-ring (bicyclic) bond motifs is 5. The van der Waals surface area contributed by atoms with Crippen molar-refractivity contribution in [3.8, 4) is 0 Å². The molecule has 0 aromatic heterocycles. The van der Waals surface area contributed by atoms with Crippen molar-refractivity contribution in [2.75, 3.05) is 0 Å². The Balaban J connectivity index is 1.61. The van der Waals surface area contributed by atoms with E-state index in [-0.39, 0.29) is 0 Å². The third-order valence-electron chi connectivity index (χ3n) is 8.26. The molecule has 0 bridgehead atoms. The van der Waals surface area contributed by atoms with Gasteiger partial charge in [0.15, 0.2) is 0 Å². The van der Waals surface area contributed by atoms with E-state index < -0.39 is 0 Å². The van der Waals surface area contributed by atoms with Crippen LogP contribution in [0.1, 0.15) is 78.1 Å². The van der Waals surface area contributed by atoms with Gasteiger partial charge in [0.2, 0.25) is 0 Å². The lowest BCUT2D eigenvalue weighted by molar-refractivity contribution is -0.0863. The van der Waals surface area contributed by atoms with Crippen LogP contribution in [0.5, 0.6) is 0 Å². The van der Waals surface area contributed by atoms with Crippen LogP contribution in [-0.4, -0.2) is 0 Å². The fourth-order valence-corrected chi connectivity index (χ4v) is 7.24. The summed E-state index contributed by atoms with van der Waals surface area (Å²) < 4.78 is 0. The summed E-state index contributed by atoms with van der Waals surface area (Å²) in [5, 5.41) is 0. The molecule has 0 radical (unpaired) electrons. The van der Waals surface area contributed by atoms with Gasteiger partial charge in [0.05, 0.1) is 0 Å². The van der Waals surface area contributed by atoms with Gasteiger partial charge < -0.3 is 0 Å². The lowest BCUT2D eigenvalue weighted by Gasteiger charge is -2.58. The van der Waals surface area contributed by atoms with E-state index >= 15 is 0 Å². The monoisotopic (exact) mass is 260 g/mol. The Morgan fingerprint density at radius 2 is 1.53 bits per heavy atom. The Morgan fingerprint density at radius 3 is 2.42 bits per heavy atom. The second kappa shape index (κ2) is 4.50. The lowest BCUT2D eigenvalue weighted by Crippen LogP contribution is -2.50. The molecule has 4 saturated carbocycles. The van der Waals surface area contributed by atoms with E-state index in [1.54, 1.807) is 51.4 Å².